The van der Waals surface area contributed by atoms with Gasteiger partial charge in [-0.15, -0.1) is 11.8 Å². The van der Waals surface area contributed by atoms with Crippen molar-refractivity contribution in [2.75, 3.05) is 11.4 Å². The Balaban J connectivity index is 1.66. The molecular formula is C22H22Cl2N4OS. The summed E-state index contributed by atoms with van der Waals surface area (Å²) < 4.78 is -0.286. The van der Waals surface area contributed by atoms with E-state index in [1.807, 2.05) is 17.0 Å². The number of halogens is 2. The number of thioether (sulfide) groups is 1. The molecule has 0 aromatic heterocycles. The lowest BCUT2D eigenvalue weighted by Gasteiger charge is -2.35. The van der Waals surface area contributed by atoms with Crippen LogP contribution in [0.1, 0.15) is 37.0 Å². The van der Waals surface area contributed by atoms with Crippen molar-refractivity contribution in [3.8, 4) is 0 Å². The molecule has 8 heteroatoms. The number of carbonyl (C=O) groups excluding carboxylic acids is 1. The van der Waals surface area contributed by atoms with Crippen LogP contribution in [0.5, 0.6) is 0 Å². The van der Waals surface area contributed by atoms with Crippen molar-refractivity contribution in [3.63, 3.8) is 0 Å². The normalized spacial score (nSPS) is 20.1. The molecule has 0 saturated heterocycles. The minimum atomic E-state index is -0.330. The van der Waals surface area contributed by atoms with Gasteiger partial charge in [-0.05, 0) is 68.1 Å². The molecule has 0 bridgehead atoms. The van der Waals surface area contributed by atoms with E-state index >= 15 is 0 Å². The van der Waals surface area contributed by atoms with Crippen molar-refractivity contribution in [3.05, 3.63) is 63.1 Å². The number of aryl methyl sites for hydroxylation is 1. The van der Waals surface area contributed by atoms with Gasteiger partial charge in [-0.2, -0.15) is 5.10 Å². The monoisotopic (exact) mass is 460 g/mol. The number of anilines is 1. The molecule has 0 aliphatic carbocycles. The van der Waals surface area contributed by atoms with Gasteiger partial charge >= 0.3 is 0 Å². The first-order chi connectivity index (χ1) is 14.3. The fourth-order valence-electron chi connectivity index (χ4n) is 3.91. The first kappa shape index (κ1) is 21.2. The molecule has 4 rings (SSSR count). The minimum absolute atomic E-state index is 0.286. The van der Waals surface area contributed by atoms with Crippen LogP contribution in [0.4, 0.5) is 5.69 Å². The van der Waals surface area contributed by atoms with Gasteiger partial charge in [0.15, 0.2) is 6.29 Å². The number of nitrogens with zero attached hydrogens (tertiary/aromatic N) is 2. The summed E-state index contributed by atoms with van der Waals surface area (Å²) in [5, 5.41) is 13.8. The molecular weight excluding hydrogens is 439 g/mol. The van der Waals surface area contributed by atoms with Crippen LogP contribution in [0.15, 0.2) is 41.5 Å². The second-order valence-corrected chi connectivity index (χ2v) is 10.4. The van der Waals surface area contributed by atoms with Crippen LogP contribution in [0.2, 0.25) is 10.0 Å². The van der Waals surface area contributed by atoms with Crippen molar-refractivity contribution in [1.82, 2.24) is 5.43 Å². The zero-order chi connectivity index (χ0) is 21.5. The maximum Gasteiger partial charge on any atom is 0.154 e. The first-order valence-corrected chi connectivity index (χ1v) is 11.4. The number of hydrogen-bond donors (Lipinski definition) is 2. The largest absolute Gasteiger partial charge is 0.326 e. The van der Waals surface area contributed by atoms with Crippen LogP contribution in [-0.2, 0) is 11.2 Å². The zero-order valence-corrected chi connectivity index (χ0v) is 19.0. The first-order valence-electron chi connectivity index (χ1n) is 9.72. The highest BCUT2D eigenvalue weighted by molar-refractivity contribution is 8.02. The van der Waals surface area contributed by atoms with Crippen LogP contribution in [-0.4, -0.2) is 34.5 Å². The third-order valence-electron chi connectivity index (χ3n) is 5.35. The van der Waals surface area contributed by atoms with E-state index in [2.05, 4.69) is 36.5 Å². The Hall–Kier alpha value is -2.02. The quantitative estimate of drug-likeness (QED) is 0.379. The molecule has 0 radical (unpaired) electrons. The van der Waals surface area contributed by atoms with Crippen LogP contribution in [0.3, 0.4) is 0 Å². The standard InChI is InChI=1S/C22H22Cl2N4OS/c1-22(2)20(27-26-19(12-29)30-22)14-6-8-18-13(10-14)4-3-9-28(18)21(25)15-5-7-16(23)17(24)11-15/h5-8,10-12,19,25-26H,3-4,9H2,1-2H3. The Morgan fingerprint density at radius 1 is 1.27 bits per heavy atom. The van der Waals surface area contributed by atoms with E-state index in [9.17, 15) is 4.79 Å². The van der Waals surface area contributed by atoms with Crippen LogP contribution < -0.4 is 10.3 Å². The highest BCUT2D eigenvalue weighted by Crippen LogP contribution is 2.36. The lowest BCUT2D eigenvalue weighted by Crippen LogP contribution is -2.42. The van der Waals surface area contributed by atoms with Gasteiger partial charge in [0.1, 0.15) is 11.2 Å². The molecule has 0 saturated carbocycles. The Labute approximate surface area is 190 Å². The summed E-state index contributed by atoms with van der Waals surface area (Å²) >= 11 is 13.7. The molecule has 156 valence electrons. The SMILES string of the molecule is CC1(C)SC(C=O)NN=C1c1ccc2c(c1)CCCN2C(=N)c1ccc(Cl)c(Cl)c1. The average Bonchev–Trinajstić information content (AvgIpc) is 2.73. The Morgan fingerprint density at radius 3 is 2.77 bits per heavy atom. The molecule has 0 fully saturated rings. The fourth-order valence-corrected chi connectivity index (χ4v) is 5.28. The minimum Gasteiger partial charge on any atom is -0.326 e. The number of rotatable bonds is 3. The third-order valence-corrected chi connectivity index (χ3v) is 7.35. The Bertz CT molecular complexity index is 1050. The van der Waals surface area contributed by atoms with E-state index in [4.69, 9.17) is 28.6 Å². The summed E-state index contributed by atoms with van der Waals surface area (Å²) in [6.07, 6.45) is 2.78. The summed E-state index contributed by atoms with van der Waals surface area (Å²) in [5.74, 6) is 0.406. The molecule has 5 nitrogen and oxygen atoms in total. The lowest BCUT2D eigenvalue weighted by atomic mass is 9.93. The van der Waals surface area contributed by atoms with E-state index in [-0.39, 0.29) is 10.1 Å². The Morgan fingerprint density at radius 2 is 2.07 bits per heavy atom. The summed E-state index contributed by atoms with van der Waals surface area (Å²) in [5.41, 5.74) is 7.83. The highest BCUT2D eigenvalue weighted by atomic mass is 35.5. The number of carbonyl (C=O) groups is 1. The van der Waals surface area contributed by atoms with Gasteiger partial charge in [0.2, 0.25) is 0 Å². The fraction of sp³-hybridized carbons (Fsp3) is 0.318. The van der Waals surface area contributed by atoms with Gasteiger partial charge in [0.25, 0.3) is 0 Å². The molecule has 2 N–H and O–H groups in total. The topological polar surface area (TPSA) is 68.6 Å². The van der Waals surface area contributed by atoms with Gasteiger partial charge in [-0.3, -0.25) is 10.8 Å². The van der Waals surface area contributed by atoms with Crippen molar-refractivity contribution >= 4 is 58.5 Å². The van der Waals surface area contributed by atoms with E-state index in [1.54, 1.807) is 23.9 Å². The Kier molecular flexibility index (Phi) is 5.84. The number of hydrogen-bond acceptors (Lipinski definition) is 5. The maximum atomic E-state index is 11.1. The van der Waals surface area contributed by atoms with Gasteiger partial charge < -0.3 is 9.69 Å². The zero-order valence-electron chi connectivity index (χ0n) is 16.7. The second kappa shape index (κ2) is 8.25. The van der Waals surface area contributed by atoms with Gasteiger partial charge in [-0.25, -0.2) is 0 Å². The average molecular weight is 461 g/mol. The van der Waals surface area contributed by atoms with Crippen LogP contribution in [0, 0.1) is 5.41 Å². The van der Waals surface area contributed by atoms with Crippen molar-refractivity contribution in [2.24, 2.45) is 5.10 Å². The molecule has 0 amide bonds. The molecule has 2 aliphatic rings. The summed E-state index contributed by atoms with van der Waals surface area (Å²) in [7, 11) is 0. The predicted octanol–water partition coefficient (Wildman–Crippen LogP) is 5.12. The van der Waals surface area contributed by atoms with Gasteiger partial charge in [0.05, 0.1) is 20.5 Å². The van der Waals surface area contributed by atoms with E-state index in [1.165, 1.54) is 5.56 Å². The van der Waals surface area contributed by atoms with Crippen molar-refractivity contribution in [1.29, 1.82) is 5.41 Å². The summed E-state index contributed by atoms with van der Waals surface area (Å²) in [6, 6.07) is 11.6. The number of benzene rings is 2. The number of aldehydes is 1. The molecule has 1 atom stereocenters. The number of nitrogens with one attached hydrogen (secondary N) is 2. The van der Waals surface area contributed by atoms with E-state index in [0.29, 0.717) is 15.9 Å². The molecule has 2 heterocycles. The number of amidine groups is 1. The molecule has 0 spiro atoms. The molecule has 2 aliphatic heterocycles. The van der Waals surface area contributed by atoms with Crippen molar-refractivity contribution < 1.29 is 4.79 Å². The number of fused-ring (bicyclic) bond motifs is 1. The van der Waals surface area contributed by atoms with Gasteiger partial charge in [-0.1, -0.05) is 29.3 Å². The maximum absolute atomic E-state index is 11.1. The van der Waals surface area contributed by atoms with E-state index < -0.39 is 0 Å². The van der Waals surface area contributed by atoms with E-state index in [0.717, 1.165) is 48.2 Å². The number of hydrazone groups is 1. The summed E-state index contributed by atoms with van der Waals surface area (Å²) in [4.78, 5) is 13.2. The summed E-state index contributed by atoms with van der Waals surface area (Å²) in [6.45, 7) is 4.94. The smallest absolute Gasteiger partial charge is 0.154 e. The lowest BCUT2D eigenvalue weighted by molar-refractivity contribution is -0.107. The molecule has 2 aromatic carbocycles. The highest BCUT2D eigenvalue weighted by Gasteiger charge is 2.35. The predicted molar refractivity (Wildman–Crippen MR) is 127 cm³/mol. The van der Waals surface area contributed by atoms with Crippen molar-refractivity contribution in [2.45, 2.75) is 36.8 Å². The van der Waals surface area contributed by atoms with Crippen LogP contribution in [0.25, 0.3) is 0 Å². The molecule has 2 aromatic rings. The van der Waals surface area contributed by atoms with Gasteiger partial charge in [0, 0.05) is 17.8 Å². The molecule has 30 heavy (non-hydrogen) atoms. The molecule has 1 unspecified atom stereocenters. The third kappa shape index (κ3) is 3.96. The second-order valence-electron chi connectivity index (χ2n) is 7.85. The van der Waals surface area contributed by atoms with Crippen LogP contribution >= 0.6 is 35.0 Å².